The van der Waals surface area contributed by atoms with Gasteiger partial charge in [0, 0.05) is 7.05 Å². The molecule has 2 aromatic rings. The van der Waals surface area contributed by atoms with Crippen LogP contribution in [0.5, 0.6) is 11.5 Å². The van der Waals surface area contributed by atoms with E-state index in [-0.39, 0.29) is 6.61 Å². The van der Waals surface area contributed by atoms with Crippen molar-refractivity contribution in [3.8, 4) is 11.5 Å². The fourth-order valence-electron chi connectivity index (χ4n) is 1.62. The summed E-state index contributed by atoms with van der Waals surface area (Å²) in [5.74, 6) is 1.98. The van der Waals surface area contributed by atoms with Crippen molar-refractivity contribution in [2.24, 2.45) is 7.05 Å². The normalized spacial score (nSPS) is 10.5. The van der Waals surface area contributed by atoms with Crippen LogP contribution in [-0.4, -0.2) is 26.5 Å². The van der Waals surface area contributed by atoms with Gasteiger partial charge < -0.3 is 19.1 Å². The molecule has 0 aliphatic heterocycles. The van der Waals surface area contributed by atoms with Gasteiger partial charge in [-0.3, -0.25) is 0 Å². The van der Waals surface area contributed by atoms with Crippen molar-refractivity contribution in [2.75, 3.05) is 6.61 Å². The lowest BCUT2D eigenvalue weighted by Gasteiger charge is -2.12. The molecule has 0 atom stereocenters. The van der Waals surface area contributed by atoms with E-state index in [2.05, 4.69) is 10.2 Å². The van der Waals surface area contributed by atoms with Gasteiger partial charge in [0.05, 0.1) is 13.2 Å². The van der Waals surface area contributed by atoms with E-state index >= 15 is 0 Å². The molecule has 19 heavy (non-hydrogen) atoms. The Labute approximate surface area is 111 Å². The van der Waals surface area contributed by atoms with E-state index in [1.807, 2.05) is 14.0 Å². The number of benzene rings is 1. The molecule has 102 valence electrons. The molecule has 0 bridgehead atoms. The summed E-state index contributed by atoms with van der Waals surface area (Å²) in [6.07, 6.45) is 1.62. The summed E-state index contributed by atoms with van der Waals surface area (Å²) in [6.45, 7) is 2.73. The van der Waals surface area contributed by atoms with Gasteiger partial charge in [-0.1, -0.05) is 6.07 Å². The maximum atomic E-state index is 9.12. The Bertz CT molecular complexity index is 540. The van der Waals surface area contributed by atoms with Crippen molar-refractivity contribution in [1.82, 2.24) is 14.8 Å². The number of nitrogens with zero attached hydrogens (tertiary/aromatic N) is 3. The van der Waals surface area contributed by atoms with Crippen LogP contribution >= 0.6 is 0 Å². The third-order valence-electron chi connectivity index (χ3n) is 2.65. The van der Waals surface area contributed by atoms with Crippen LogP contribution in [0.25, 0.3) is 0 Å². The standard InChI is InChI=1S/C13H17N3O3/c1-3-18-12-6-10(7-17)4-5-11(12)19-8-13-15-14-9-16(13)2/h4-6,9,17H,3,7-8H2,1-2H3. The quantitative estimate of drug-likeness (QED) is 0.850. The van der Waals surface area contributed by atoms with Crippen molar-refractivity contribution in [1.29, 1.82) is 0 Å². The van der Waals surface area contributed by atoms with Crippen LogP contribution in [-0.2, 0) is 20.3 Å². The third-order valence-corrected chi connectivity index (χ3v) is 2.65. The number of ether oxygens (including phenoxy) is 2. The van der Waals surface area contributed by atoms with Crippen LogP contribution in [0.3, 0.4) is 0 Å². The van der Waals surface area contributed by atoms with Gasteiger partial charge >= 0.3 is 0 Å². The summed E-state index contributed by atoms with van der Waals surface area (Å²) in [5.41, 5.74) is 0.787. The molecule has 1 N–H and O–H groups in total. The van der Waals surface area contributed by atoms with Crippen LogP contribution in [0.2, 0.25) is 0 Å². The largest absolute Gasteiger partial charge is 0.490 e. The Balaban J connectivity index is 2.12. The number of aliphatic hydroxyl groups is 1. The van der Waals surface area contributed by atoms with Crippen molar-refractivity contribution in [3.63, 3.8) is 0 Å². The fourth-order valence-corrected chi connectivity index (χ4v) is 1.62. The second kappa shape index (κ2) is 6.19. The monoisotopic (exact) mass is 263 g/mol. The molecule has 6 heteroatoms. The van der Waals surface area contributed by atoms with E-state index in [1.165, 1.54) is 0 Å². The third kappa shape index (κ3) is 3.23. The Morgan fingerprint density at radius 1 is 1.26 bits per heavy atom. The first kappa shape index (κ1) is 13.4. The van der Waals surface area contributed by atoms with E-state index in [1.54, 1.807) is 29.1 Å². The molecule has 0 aliphatic rings. The minimum absolute atomic E-state index is 0.0242. The fraction of sp³-hybridized carbons (Fsp3) is 0.385. The summed E-state index contributed by atoms with van der Waals surface area (Å²) in [4.78, 5) is 0. The lowest BCUT2D eigenvalue weighted by Crippen LogP contribution is -2.05. The highest BCUT2D eigenvalue weighted by molar-refractivity contribution is 5.42. The Morgan fingerprint density at radius 3 is 2.74 bits per heavy atom. The molecule has 1 aromatic heterocycles. The summed E-state index contributed by atoms with van der Waals surface area (Å²) >= 11 is 0. The zero-order valence-electron chi connectivity index (χ0n) is 11.0. The van der Waals surface area contributed by atoms with Crippen molar-refractivity contribution >= 4 is 0 Å². The second-order valence-electron chi connectivity index (χ2n) is 4.02. The molecule has 0 radical (unpaired) electrons. The molecular weight excluding hydrogens is 246 g/mol. The predicted molar refractivity (Wildman–Crippen MR) is 68.9 cm³/mol. The molecule has 0 spiro atoms. The summed E-state index contributed by atoms with van der Waals surface area (Å²) in [6, 6.07) is 5.36. The molecule has 0 amide bonds. The van der Waals surface area contributed by atoms with Crippen LogP contribution in [0.4, 0.5) is 0 Å². The molecule has 0 fully saturated rings. The topological polar surface area (TPSA) is 69.4 Å². The molecule has 1 aromatic carbocycles. The molecule has 0 aliphatic carbocycles. The highest BCUT2D eigenvalue weighted by Gasteiger charge is 2.08. The van der Waals surface area contributed by atoms with Crippen LogP contribution in [0.1, 0.15) is 18.3 Å². The van der Waals surface area contributed by atoms with Crippen molar-refractivity contribution in [2.45, 2.75) is 20.1 Å². The van der Waals surface area contributed by atoms with E-state index in [0.29, 0.717) is 24.7 Å². The van der Waals surface area contributed by atoms with Gasteiger partial charge in [0.15, 0.2) is 17.3 Å². The smallest absolute Gasteiger partial charge is 0.170 e. The van der Waals surface area contributed by atoms with Gasteiger partial charge in [0.2, 0.25) is 0 Å². The molecule has 0 unspecified atom stereocenters. The minimum atomic E-state index is -0.0242. The average Bonchev–Trinajstić information content (AvgIpc) is 2.83. The summed E-state index contributed by atoms with van der Waals surface area (Å²) in [7, 11) is 1.86. The van der Waals surface area contributed by atoms with Crippen LogP contribution in [0.15, 0.2) is 24.5 Å². The second-order valence-corrected chi connectivity index (χ2v) is 4.02. The minimum Gasteiger partial charge on any atom is -0.490 e. The number of aromatic nitrogens is 3. The lowest BCUT2D eigenvalue weighted by molar-refractivity contribution is 0.257. The Kier molecular flexibility index (Phi) is 4.35. The number of rotatable bonds is 6. The molecule has 0 saturated carbocycles. The first-order valence-electron chi connectivity index (χ1n) is 6.06. The van der Waals surface area contributed by atoms with Crippen LogP contribution < -0.4 is 9.47 Å². The van der Waals surface area contributed by atoms with Gasteiger partial charge in [0.1, 0.15) is 12.9 Å². The van der Waals surface area contributed by atoms with Gasteiger partial charge in [-0.05, 0) is 24.6 Å². The van der Waals surface area contributed by atoms with E-state index in [4.69, 9.17) is 14.6 Å². The number of hydrogen-bond acceptors (Lipinski definition) is 5. The molecule has 6 nitrogen and oxygen atoms in total. The SMILES string of the molecule is CCOc1cc(CO)ccc1OCc1nncn1C. The maximum Gasteiger partial charge on any atom is 0.170 e. The molecule has 2 rings (SSSR count). The first-order chi connectivity index (χ1) is 9.24. The highest BCUT2D eigenvalue weighted by Crippen LogP contribution is 2.29. The summed E-state index contributed by atoms with van der Waals surface area (Å²) < 4.78 is 13.0. The zero-order chi connectivity index (χ0) is 13.7. The predicted octanol–water partition coefficient (Wildman–Crippen LogP) is 1.29. The van der Waals surface area contributed by atoms with Gasteiger partial charge in [-0.25, -0.2) is 0 Å². The van der Waals surface area contributed by atoms with Gasteiger partial charge in [-0.2, -0.15) is 0 Å². The van der Waals surface area contributed by atoms with E-state index < -0.39 is 0 Å². The average molecular weight is 263 g/mol. The first-order valence-corrected chi connectivity index (χ1v) is 6.06. The van der Waals surface area contributed by atoms with E-state index in [9.17, 15) is 0 Å². The molecular formula is C13H17N3O3. The Hall–Kier alpha value is -2.08. The summed E-state index contributed by atoms with van der Waals surface area (Å²) in [5, 5.41) is 16.9. The number of hydrogen-bond donors (Lipinski definition) is 1. The van der Waals surface area contributed by atoms with Gasteiger partial charge in [0.25, 0.3) is 0 Å². The van der Waals surface area contributed by atoms with E-state index in [0.717, 1.165) is 11.4 Å². The zero-order valence-corrected chi connectivity index (χ0v) is 11.0. The van der Waals surface area contributed by atoms with Gasteiger partial charge in [-0.15, -0.1) is 10.2 Å². The lowest BCUT2D eigenvalue weighted by atomic mass is 10.2. The van der Waals surface area contributed by atoms with Crippen molar-refractivity contribution < 1.29 is 14.6 Å². The van der Waals surface area contributed by atoms with Crippen molar-refractivity contribution in [3.05, 3.63) is 35.9 Å². The number of aryl methyl sites for hydroxylation is 1. The Morgan fingerprint density at radius 2 is 2.11 bits per heavy atom. The van der Waals surface area contributed by atoms with Crippen LogP contribution in [0, 0.1) is 0 Å². The molecule has 1 heterocycles. The maximum absolute atomic E-state index is 9.12. The number of aliphatic hydroxyl groups excluding tert-OH is 1. The highest BCUT2D eigenvalue weighted by atomic mass is 16.5. The molecule has 0 saturated heterocycles.